The molecule has 158 valence electrons. The largest absolute Gasteiger partial charge is 0.493 e. The number of H-pyrrole nitrogens is 1. The topological polar surface area (TPSA) is 122 Å². The van der Waals surface area contributed by atoms with Crippen molar-refractivity contribution < 1.29 is 14.6 Å². The fourth-order valence-electron chi connectivity index (χ4n) is 4.83. The third-order valence-electron chi connectivity index (χ3n) is 6.24. The number of likely N-dealkylation sites (tertiary alicyclic amines) is 1. The first kappa shape index (κ1) is 18.2. The number of aryl methyl sites for hydroxylation is 1. The number of rotatable bonds is 2. The summed E-state index contributed by atoms with van der Waals surface area (Å²) in [6.07, 6.45) is 5.31. The van der Waals surface area contributed by atoms with Gasteiger partial charge in [0.15, 0.2) is 5.65 Å². The van der Waals surface area contributed by atoms with Gasteiger partial charge in [0.25, 0.3) is 0 Å². The molecule has 1 saturated heterocycles. The van der Waals surface area contributed by atoms with Crippen LogP contribution in [0.3, 0.4) is 0 Å². The smallest absolute Gasteiger partial charge is 0.315 e. The molecular weight excluding hydrogens is 396 g/mol. The summed E-state index contributed by atoms with van der Waals surface area (Å²) in [5.41, 5.74) is 11.0. The van der Waals surface area contributed by atoms with Crippen LogP contribution in [0, 0.1) is 0 Å². The molecular formula is C22H22N6O3. The molecule has 6 rings (SSSR count). The van der Waals surface area contributed by atoms with E-state index in [2.05, 4.69) is 16.0 Å². The van der Waals surface area contributed by atoms with Gasteiger partial charge < -0.3 is 25.5 Å². The van der Waals surface area contributed by atoms with Crippen molar-refractivity contribution in [3.63, 3.8) is 0 Å². The Morgan fingerprint density at radius 2 is 2.19 bits per heavy atom. The number of aromatic nitrogens is 4. The number of imidazole rings is 1. The Bertz CT molecular complexity index is 1330. The van der Waals surface area contributed by atoms with Crippen molar-refractivity contribution in [3.8, 4) is 17.0 Å². The van der Waals surface area contributed by atoms with E-state index in [1.54, 1.807) is 6.20 Å². The maximum atomic E-state index is 12.1. The average Bonchev–Trinajstić information content (AvgIpc) is 3.48. The number of benzene rings is 1. The maximum absolute atomic E-state index is 12.1. The molecule has 9 heteroatoms. The second-order valence-corrected chi connectivity index (χ2v) is 8.18. The van der Waals surface area contributed by atoms with Crippen LogP contribution in [-0.4, -0.2) is 54.6 Å². The van der Waals surface area contributed by atoms with Gasteiger partial charge in [-0.3, -0.25) is 4.40 Å². The number of nitrogens with one attached hydrogen (secondary N) is 1. The molecule has 4 aromatic rings. The lowest BCUT2D eigenvalue weighted by molar-refractivity contribution is 0.174. The number of hydrogen-bond acceptors (Lipinski definition) is 5. The Labute approximate surface area is 177 Å². The number of amides is 2. The Morgan fingerprint density at radius 1 is 1.29 bits per heavy atom. The molecule has 3 aromatic heterocycles. The van der Waals surface area contributed by atoms with E-state index in [4.69, 9.17) is 15.5 Å². The van der Waals surface area contributed by atoms with Gasteiger partial charge in [0.05, 0.1) is 41.7 Å². The number of urea groups is 1. The van der Waals surface area contributed by atoms with Gasteiger partial charge in [-0.1, -0.05) is 0 Å². The van der Waals surface area contributed by atoms with Crippen LogP contribution in [0.1, 0.15) is 30.3 Å². The molecule has 0 aliphatic carbocycles. The number of nitrogens with zero attached hydrogens (tertiary/aromatic N) is 4. The number of aliphatic hydroxyl groups is 1. The zero-order valence-corrected chi connectivity index (χ0v) is 16.8. The number of fused-ring (bicyclic) bond motifs is 4. The Balaban J connectivity index is 1.59. The number of primary amides is 1. The second-order valence-electron chi connectivity index (χ2n) is 8.18. The minimum Gasteiger partial charge on any atom is -0.493 e. The molecule has 0 bridgehead atoms. The van der Waals surface area contributed by atoms with E-state index in [0.29, 0.717) is 12.2 Å². The SMILES string of the molecule is NC(=O)N1C[C@H](O)C[C@@H]1c1nc(-c2ccc3c(c2)CCCO3)c2cnc3[nH]ccc3n12. The van der Waals surface area contributed by atoms with Crippen LogP contribution >= 0.6 is 0 Å². The molecule has 0 spiro atoms. The van der Waals surface area contributed by atoms with Gasteiger partial charge in [0.1, 0.15) is 11.6 Å². The molecule has 31 heavy (non-hydrogen) atoms. The summed E-state index contributed by atoms with van der Waals surface area (Å²) in [6.45, 7) is 0.939. The van der Waals surface area contributed by atoms with Gasteiger partial charge in [0.2, 0.25) is 0 Å². The van der Waals surface area contributed by atoms with E-state index in [9.17, 15) is 9.90 Å². The van der Waals surface area contributed by atoms with Crippen LogP contribution in [-0.2, 0) is 6.42 Å². The maximum Gasteiger partial charge on any atom is 0.315 e. The van der Waals surface area contributed by atoms with E-state index in [1.807, 2.05) is 28.8 Å². The van der Waals surface area contributed by atoms with Gasteiger partial charge in [-0.25, -0.2) is 14.8 Å². The highest BCUT2D eigenvalue weighted by Crippen LogP contribution is 2.38. The van der Waals surface area contributed by atoms with Gasteiger partial charge in [0, 0.05) is 24.7 Å². The number of β-amino-alcohol motifs (C(OH)–C–C–N with tert-alkyl or cyclic N) is 1. The molecule has 0 unspecified atom stereocenters. The van der Waals surface area contributed by atoms with Gasteiger partial charge in [-0.2, -0.15) is 0 Å². The number of nitrogens with two attached hydrogens (primary N) is 1. The molecule has 2 atom stereocenters. The zero-order chi connectivity index (χ0) is 21.1. The minimum absolute atomic E-state index is 0.196. The zero-order valence-electron chi connectivity index (χ0n) is 16.8. The lowest BCUT2D eigenvalue weighted by Gasteiger charge is -2.21. The number of carbonyl (C=O) groups is 1. The standard InChI is InChI=1S/C22H22N6O3/c23-22(30)27-11-14(29)9-16(27)21-26-19(13-3-4-18-12(8-13)2-1-7-31-18)17-10-25-20-15(28(17)21)5-6-24-20/h3-6,8,10,14,16,24,29H,1-2,7,9,11H2,(H2,23,30)/t14-,16-/m1/s1. The number of ether oxygens (including phenoxy) is 1. The quantitative estimate of drug-likeness (QED) is 0.461. The lowest BCUT2D eigenvalue weighted by atomic mass is 10.0. The van der Waals surface area contributed by atoms with Crippen molar-refractivity contribution in [1.82, 2.24) is 24.3 Å². The Hall–Kier alpha value is -3.59. The van der Waals surface area contributed by atoms with Crippen molar-refractivity contribution in [1.29, 1.82) is 0 Å². The third kappa shape index (κ3) is 2.77. The van der Waals surface area contributed by atoms with E-state index in [-0.39, 0.29) is 6.54 Å². The summed E-state index contributed by atoms with van der Waals surface area (Å²) in [7, 11) is 0. The molecule has 2 amide bonds. The van der Waals surface area contributed by atoms with Crippen LogP contribution in [0.25, 0.3) is 27.9 Å². The highest BCUT2D eigenvalue weighted by atomic mass is 16.5. The highest BCUT2D eigenvalue weighted by Gasteiger charge is 2.38. The first-order chi connectivity index (χ1) is 15.1. The monoisotopic (exact) mass is 418 g/mol. The van der Waals surface area contributed by atoms with Crippen LogP contribution in [0.2, 0.25) is 0 Å². The first-order valence-electron chi connectivity index (χ1n) is 10.4. The molecule has 2 aliphatic heterocycles. The third-order valence-corrected chi connectivity index (χ3v) is 6.24. The molecule has 4 N–H and O–H groups in total. The highest BCUT2D eigenvalue weighted by molar-refractivity contribution is 5.85. The van der Waals surface area contributed by atoms with Crippen LogP contribution in [0.15, 0.2) is 36.7 Å². The Morgan fingerprint density at radius 3 is 3.06 bits per heavy atom. The van der Waals surface area contributed by atoms with Crippen molar-refractivity contribution in [2.24, 2.45) is 5.73 Å². The molecule has 5 heterocycles. The summed E-state index contributed by atoms with van der Waals surface area (Å²) < 4.78 is 7.78. The van der Waals surface area contributed by atoms with Gasteiger partial charge in [-0.05, 0) is 42.7 Å². The van der Waals surface area contributed by atoms with Crippen LogP contribution < -0.4 is 10.5 Å². The summed E-state index contributed by atoms with van der Waals surface area (Å²) in [6, 6.07) is 7.07. The Kier molecular flexibility index (Phi) is 3.94. The van der Waals surface area contributed by atoms with Gasteiger partial charge in [-0.15, -0.1) is 0 Å². The van der Waals surface area contributed by atoms with Crippen molar-refractivity contribution >= 4 is 22.7 Å². The van der Waals surface area contributed by atoms with Crippen molar-refractivity contribution in [3.05, 3.63) is 48.0 Å². The summed E-state index contributed by atoms with van der Waals surface area (Å²) in [4.78, 5) is 26.3. The molecule has 9 nitrogen and oxygen atoms in total. The molecule has 2 aliphatic rings. The normalized spacial score (nSPS) is 20.9. The number of aliphatic hydroxyl groups excluding tert-OH is 1. The fourth-order valence-corrected chi connectivity index (χ4v) is 4.83. The second kappa shape index (κ2) is 6.71. The van der Waals surface area contributed by atoms with E-state index < -0.39 is 18.2 Å². The molecule has 1 aromatic carbocycles. The number of hydrogen-bond donors (Lipinski definition) is 3. The number of carbonyl (C=O) groups excluding carboxylic acids is 1. The lowest BCUT2D eigenvalue weighted by Crippen LogP contribution is -2.36. The predicted molar refractivity (Wildman–Crippen MR) is 114 cm³/mol. The first-order valence-corrected chi connectivity index (χ1v) is 10.4. The van der Waals surface area contributed by atoms with Crippen molar-refractivity contribution in [2.45, 2.75) is 31.4 Å². The minimum atomic E-state index is -0.641. The predicted octanol–water partition coefficient (Wildman–Crippen LogP) is 2.39. The summed E-state index contributed by atoms with van der Waals surface area (Å²) >= 11 is 0. The molecule has 0 radical (unpaired) electrons. The fraction of sp³-hybridized carbons (Fsp3) is 0.318. The number of aromatic amines is 1. The summed E-state index contributed by atoms with van der Waals surface area (Å²) in [5, 5.41) is 10.3. The van der Waals surface area contributed by atoms with Crippen LogP contribution in [0.4, 0.5) is 4.79 Å². The van der Waals surface area contributed by atoms with E-state index in [0.717, 1.165) is 58.7 Å². The molecule has 0 saturated carbocycles. The van der Waals surface area contributed by atoms with Gasteiger partial charge >= 0.3 is 6.03 Å². The summed E-state index contributed by atoms with van der Waals surface area (Å²) in [5.74, 6) is 1.59. The molecule has 1 fully saturated rings. The van der Waals surface area contributed by atoms with E-state index >= 15 is 0 Å². The van der Waals surface area contributed by atoms with Crippen LogP contribution in [0.5, 0.6) is 5.75 Å². The van der Waals surface area contributed by atoms with E-state index in [1.165, 1.54) is 4.90 Å². The average molecular weight is 418 g/mol. The van der Waals surface area contributed by atoms with Crippen molar-refractivity contribution in [2.75, 3.05) is 13.2 Å².